The minimum Gasteiger partial charge on any atom is -0.436 e. The average molecular weight is 657 g/mol. The third kappa shape index (κ3) is 6.13. The maximum absolute atomic E-state index is 6.55. The first-order valence-corrected chi connectivity index (χ1v) is 17.0. The monoisotopic (exact) mass is 656 g/mol. The molecule has 51 heavy (non-hydrogen) atoms. The van der Waals surface area contributed by atoms with Crippen LogP contribution < -0.4 is 5.32 Å². The first-order chi connectivity index (χ1) is 25.2. The molecule has 8 aromatic rings. The molecule has 5 aromatic carbocycles. The van der Waals surface area contributed by atoms with Gasteiger partial charge < -0.3 is 9.73 Å². The summed E-state index contributed by atoms with van der Waals surface area (Å²) in [4.78, 5) is 13.6. The summed E-state index contributed by atoms with van der Waals surface area (Å²) in [6, 6.07) is 46.7. The normalized spacial score (nSPS) is 12.4. The summed E-state index contributed by atoms with van der Waals surface area (Å²) in [7, 11) is 0. The van der Waals surface area contributed by atoms with E-state index in [4.69, 9.17) is 9.40 Å². The SMILES string of the molecule is C1=CC(c2ccc(-c3cc(-c4ccc(-c5cccnc5)cc4)cc4oc(-c5ccc(-c6ccc(-c7cccnc7)cc6)cc5)nc34)cc2)=CNC1. The van der Waals surface area contributed by atoms with Crippen LogP contribution in [0.3, 0.4) is 0 Å². The molecule has 1 N–H and O–H groups in total. The quantitative estimate of drug-likeness (QED) is 0.185. The fourth-order valence-corrected chi connectivity index (χ4v) is 6.61. The van der Waals surface area contributed by atoms with Crippen LogP contribution in [0.25, 0.3) is 83.8 Å². The van der Waals surface area contributed by atoms with Crippen molar-refractivity contribution in [2.75, 3.05) is 6.54 Å². The fourth-order valence-electron chi connectivity index (χ4n) is 6.61. The van der Waals surface area contributed by atoms with E-state index in [0.717, 1.165) is 90.0 Å². The fraction of sp³-hybridized carbons (Fsp3) is 0.0217. The van der Waals surface area contributed by atoms with Crippen molar-refractivity contribution in [1.82, 2.24) is 20.3 Å². The molecule has 0 aliphatic carbocycles. The van der Waals surface area contributed by atoms with Gasteiger partial charge in [0.2, 0.25) is 5.89 Å². The van der Waals surface area contributed by atoms with Gasteiger partial charge in [-0.25, -0.2) is 4.98 Å². The van der Waals surface area contributed by atoms with Crippen molar-refractivity contribution >= 4 is 16.7 Å². The number of benzene rings is 5. The Morgan fingerprint density at radius 3 is 1.53 bits per heavy atom. The van der Waals surface area contributed by atoms with Crippen molar-refractivity contribution < 1.29 is 4.42 Å². The molecular weight excluding hydrogens is 625 g/mol. The number of oxazole rings is 1. The van der Waals surface area contributed by atoms with Gasteiger partial charge >= 0.3 is 0 Å². The molecule has 0 unspecified atom stereocenters. The van der Waals surface area contributed by atoms with Crippen LogP contribution in [-0.4, -0.2) is 21.5 Å². The van der Waals surface area contributed by atoms with Crippen molar-refractivity contribution in [3.63, 3.8) is 0 Å². The van der Waals surface area contributed by atoms with Crippen molar-refractivity contribution in [3.8, 4) is 67.1 Å². The Morgan fingerprint density at radius 2 is 1.00 bits per heavy atom. The van der Waals surface area contributed by atoms with Gasteiger partial charge in [0.25, 0.3) is 0 Å². The third-order valence-electron chi connectivity index (χ3n) is 9.37. The molecule has 0 fully saturated rings. The number of nitrogens with one attached hydrogen (secondary N) is 1. The molecule has 3 aromatic heterocycles. The summed E-state index contributed by atoms with van der Waals surface area (Å²) in [6.07, 6.45) is 13.7. The molecule has 0 saturated heterocycles. The smallest absolute Gasteiger partial charge is 0.227 e. The molecule has 0 amide bonds. The van der Waals surface area contributed by atoms with Crippen molar-refractivity contribution in [2.24, 2.45) is 0 Å². The van der Waals surface area contributed by atoms with Crippen LogP contribution in [0.1, 0.15) is 5.56 Å². The number of aromatic nitrogens is 3. The Kier molecular flexibility index (Phi) is 7.84. The molecule has 1 aliphatic rings. The van der Waals surface area contributed by atoms with Gasteiger partial charge in [-0.05, 0) is 97.6 Å². The molecule has 242 valence electrons. The van der Waals surface area contributed by atoms with E-state index < -0.39 is 0 Å². The minimum atomic E-state index is 0.592. The highest BCUT2D eigenvalue weighted by atomic mass is 16.3. The summed E-state index contributed by atoms with van der Waals surface area (Å²) < 4.78 is 6.55. The van der Waals surface area contributed by atoms with E-state index in [1.807, 2.05) is 24.5 Å². The summed E-state index contributed by atoms with van der Waals surface area (Å²) >= 11 is 0. The summed E-state index contributed by atoms with van der Waals surface area (Å²) in [6.45, 7) is 0.854. The Labute approximate surface area is 296 Å². The molecule has 5 nitrogen and oxygen atoms in total. The maximum Gasteiger partial charge on any atom is 0.227 e. The van der Waals surface area contributed by atoms with Crippen LogP contribution in [0.2, 0.25) is 0 Å². The van der Waals surface area contributed by atoms with Gasteiger partial charge in [-0.1, -0.05) is 109 Å². The number of dihydropyridines is 1. The first kappa shape index (κ1) is 30.2. The molecule has 1 aliphatic heterocycles. The van der Waals surface area contributed by atoms with Crippen LogP contribution >= 0.6 is 0 Å². The lowest BCUT2D eigenvalue weighted by Crippen LogP contribution is -2.08. The van der Waals surface area contributed by atoms with Crippen molar-refractivity contribution in [2.45, 2.75) is 0 Å². The Morgan fingerprint density at radius 1 is 0.490 bits per heavy atom. The second kappa shape index (κ2) is 13.2. The number of rotatable bonds is 7. The van der Waals surface area contributed by atoms with Gasteiger partial charge in [0.05, 0.1) is 0 Å². The number of hydrogen-bond donors (Lipinski definition) is 1. The molecular formula is C46H32N4O. The topological polar surface area (TPSA) is 63.8 Å². The molecule has 4 heterocycles. The van der Waals surface area contributed by atoms with Crippen LogP contribution in [-0.2, 0) is 0 Å². The highest BCUT2D eigenvalue weighted by Crippen LogP contribution is 2.38. The second-order valence-electron chi connectivity index (χ2n) is 12.6. The number of allylic oxidation sites excluding steroid dienone is 2. The summed E-state index contributed by atoms with van der Waals surface area (Å²) in [5.41, 5.74) is 15.8. The van der Waals surface area contributed by atoms with Crippen LogP contribution in [0, 0.1) is 0 Å². The lowest BCUT2D eigenvalue weighted by atomic mass is 9.95. The van der Waals surface area contributed by atoms with Crippen molar-refractivity contribution in [3.05, 3.63) is 182 Å². The molecule has 0 bridgehead atoms. The van der Waals surface area contributed by atoms with E-state index in [9.17, 15) is 0 Å². The number of fused-ring (bicyclic) bond motifs is 1. The molecule has 5 heteroatoms. The lowest BCUT2D eigenvalue weighted by Gasteiger charge is -2.11. The van der Waals surface area contributed by atoms with Gasteiger partial charge in [0, 0.05) is 48.7 Å². The largest absolute Gasteiger partial charge is 0.436 e. The number of hydrogen-bond acceptors (Lipinski definition) is 5. The third-order valence-corrected chi connectivity index (χ3v) is 9.37. The van der Waals surface area contributed by atoms with Gasteiger partial charge in [0.1, 0.15) is 5.52 Å². The van der Waals surface area contributed by atoms with Gasteiger partial charge in [-0.2, -0.15) is 0 Å². The van der Waals surface area contributed by atoms with Gasteiger partial charge in [-0.15, -0.1) is 0 Å². The molecule has 9 rings (SSSR count). The highest BCUT2D eigenvalue weighted by Gasteiger charge is 2.17. The van der Waals surface area contributed by atoms with E-state index in [1.54, 1.807) is 12.4 Å². The maximum atomic E-state index is 6.55. The zero-order valence-corrected chi connectivity index (χ0v) is 27.7. The summed E-state index contributed by atoms with van der Waals surface area (Å²) in [5, 5.41) is 3.31. The second-order valence-corrected chi connectivity index (χ2v) is 12.6. The lowest BCUT2D eigenvalue weighted by molar-refractivity contribution is 0.620. The van der Waals surface area contributed by atoms with E-state index in [1.165, 1.54) is 0 Å². The Balaban J connectivity index is 1.07. The number of nitrogens with zero attached hydrogens (tertiary/aromatic N) is 3. The average Bonchev–Trinajstić information content (AvgIpc) is 3.66. The molecule has 0 spiro atoms. The Hall–Kier alpha value is -6.85. The van der Waals surface area contributed by atoms with E-state index >= 15 is 0 Å². The van der Waals surface area contributed by atoms with Crippen LogP contribution in [0.4, 0.5) is 0 Å². The predicted molar refractivity (Wildman–Crippen MR) is 207 cm³/mol. The van der Waals surface area contributed by atoms with Gasteiger partial charge in [0.15, 0.2) is 5.58 Å². The minimum absolute atomic E-state index is 0.592. The molecule has 0 atom stereocenters. The van der Waals surface area contributed by atoms with Crippen LogP contribution in [0.5, 0.6) is 0 Å². The standard InChI is InChI=1S/C46H32N4O/c1-4-39(28-47-23-1)33-9-7-31(8-10-33)32-17-21-38(22-18-32)46-50-45-43(37-19-15-35(16-20-37)41-6-3-25-49-30-41)26-42(27-44(45)51-46)36-13-11-34(12-14-36)40-5-2-24-48-29-40/h1-24,26-30,49H,25H2. The van der Waals surface area contributed by atoms with E-state index in [2.05, 4.69) is 155 Å². The van der Waals surface area contributed by atoms with E-state index in [-0.39, 0.29) is 0 Å². The number of pyridine rings is 2. The highest BCUT2D eigenvalue weighted by molar-refractivity contribution is 5.96. The Bertz CT molecular complexity index is 2520. The molecule has 0 saturated carbocycles. The van der Waals surface area contributed by atoms with Gasteiger partial charge in [-0.3, -0.25) is 9.97 Å². The zero-order valence-electron chi connectivity index (χ0n) is 27.7. The predicted octanol–water partition coefficient (Wildman–Crippen LogP) is 11.1. The zero-order chi connectivity index (χ0) is 34.0. The van der Waals surface area contributed by atoms with Crippen molar-refractivity contribution in [1.29, 1.82) is 0 Å². The van der Waals surface area contributed by atoms with E-state index in [0.29, 0.717) is 5.89 Å². The first-order valence-electron chi connectivity index (χ1n) is 17.0. The summed E-state index contributed by atoms with van der Waals surface area (Å²) in [5.74, 6) is 0.592. The molecule has 0 radical (unpaired) electrons. The van der Waals surface area contributed by atoms with Crippen LogP contribution in [0.15, 0.2) is 181 Å².